The number of phenols is 1. The second-order valence-corrected chi connectivity index (χ2v) is 7.35. The first-order valence-electron chi connectivity index (χ1n) is 7.17. The van der Waals surface area contributed by atoms with E-state index in [-0.39, 0.29) is 34.4 Å². The SMILES string of the molecule is CCS(=O)(=O)c1ccc(O)c(NC(=O)CCn2nccc2C)c1. The molecule has 0 radical (unpaired) electrons. The van der Waals surface area contributed by atoms with Crippen LogP contribution < -0.4 is 5.32 Å². The number of nitrogens with zero attached hydrogens (tertiary/aromatic N) is 2. The topological polar surface area (TPSA) is 101 Å². The number of hydrogen-bond acceptors (Lipinski definition) is 5. The van der Waals surface area contributed by atoms with E-state index in [0.29, 0.717) is 6.54 Å². The Labute approximate surface area is 134 Å². The van der Waals surface area contributed by atoms with Gasteiger partial charge in [-0.3, -0.25) is 9.48 Å². The molecule has 2 N–H and O–H groups in total. The van der Waals surface area contributed by atoms with Crippen molar-refractivity contribution in [3.8, 4) is 5.75 Å². The van der Waals surface area contributed by atoms with Crippen LogP contribution in [0.5, 0.6) is 5.75 Å². The van der Waals surface area contributed by atoms with Gasteiger partial charge in [-0.25, -0.2) is 8.42 Å². The fourth-order valence-electron chi connectivity index (χ4n) is 2.03. The summed E-state index contributed by atoms with van der Waals surface area (Å²) >= 11 is 0. The van der Waals surface area contributed by atoms with Gasteiger partial charge >= 0.3 is 0 Å². The first-order chi connectivity index (χ1) is 10.8. The lowest BCUT2D eigenvalue weighted by atomic mass is 10.2. The molecule has 0 unspecified atom stereocenters. The van der Waals surface area contributed by atoms with Gasteiger partial charge in [0.1, 0.15) is 5.75 Å². The Balaban J connectivity index is 2.08. The van der Waals surface area contributed by atoms with E-state index in [4.69, 9.17) is 0 Å². The van der Waals surface area contributed by atoms with Crippen LogP contribution in [0, 0.1) is 6.92 Å². The Morgan fingerprint density at radius 3 is 2.70 bits per heavy atom. The number of aryl methyl sites for hydroxylation is 2. The molecule has 0 atom stereocenters. The molecule has 0 saturated carbocycles. The van der Waals surface area contributed by atoms with Gasteiger partial charge in [-0.2, -0.15) is 5.10 Å². The third kappa shape index (κ3) is 4.10. The Morgan fingerprint density at radius 1 is 1.35 bits per heavy atom. The van der Waals surface area contributed by atoms with Crippen molar-refractivity contribution in [3.05, 3.63) is 36.2 Å². The molecule has 23 heavy (non-hydrogen) atoms. The molecule has 0 saturated heterocycles. The summed E-state index contributed by atoms with van der Waals surface area (Å²) in [5.74, 6) is -0.561. The molecule has 0 aliphatic rings. The van der Waals surface area contributed by atoms with Crippen molar-refractivity contribution < 1.29 is 18.3 Å². The molecule has 1 aromatic heterocycles. The summed E-state index contributed by atoms with van der Waals surface area (Å²) in [6, 6.07) is 5.68. The average molecular weight is 337 g/mol. The van der Waals surface area contributed by atoms with Crippen LogP contribution in [0.15, 0.2) is 35.4 Å². The van der Waals surface area contributed by atoms with Crippen LogP contribution >= 0.6 is 0 Å². The summed E-state index contributed by atoms with van der Waals surface area (Å²) in [5, 5.41) is 16.4. The van der Waals surface area contributed by atoms with Gasteiger partial charge in [-0.1, -0.05) is 6.92 Å². The van der Waals surface area contributed by atoms with Crippen LogP contribution in [-0.4, -0.2) is 35.0 Å². The van der Waals surface area contributed by atoms with Crippen LogP contribution in [0.4, 0.5) is 5.69 Å². The lowest BCUT2D eigenvalue weighted by Gasteiger charge is -2.10. The number of aromatic hydroxyl groups is 1. The molecule has 124 valence electrons. The van der Waals surface area contributed by atoms with Crippen LogP contribution in [-0.2, 0) is 21.2 Å². The van der Waals surface area contributed by atoms with Crippen molar-refractivity contribution in [1.29, 1.82) is 0 Å². The molecule has 1 heterocycles. The van der Waals surface area contributed by atoms with Gasteiger partial charge in [0.25, 0.3) is 0 Å². The van der Waals surface area contributed by atoms with Crippen molar-refractivity contribution in [2.75, 3.05) is 11.1 Å². The molecule has 0 spiro atoms. The Morgan fingerprint density at radius 2 is 2.09 bits per heavy atom. The van der Waals surface area contributed by atoms with E-state index >= 15 is 0 Å². The molecule has 2 rings (SSSR count). The average Bonchev–Trinajstić information content (AvgIpc) is 2.92. The molecular formula is C15H19N3O4S. The minimum atomic E-state index is -3.40. The van der Waals surface area contributed by atoms with Gasteiger partial charge < -0.3 is 10.4 Å². The van der Waals surface area contributed by atoms with E-state index in [1.54, 1.807) is 10.9 Å². The fourth-order valence-corrected chi connectivity index (χ4v) is 2.93. The zero-order chi connectivity index (χ0) is 17.0. The number of nitrogens with one attached hydrogen (secondary N) is 1. The van der Waals surface area contributed by atoms with Crippen LogP contribution in [0.3, 0.4) is 0 Å². The first-order valence-corrected chi connectivity index (χ1v) is 8.82. The van der Waals surface area contributed by atoms with E-state index in [0.717, 1.165) is 5.69 Å². The van der Waals surface area contributed by atoms with Gasteiger partial charge in [0, 0.05) is 24.9 Å². The normalized spacial score (nSPS) is 11.4. The van der Waals surface area contributed by atoms with E-state index in [1.807, 2.05) is 13.0 Å². The summed E-state index contributed by atoms with van der Waals surface area (Å²) in [7, 11) is -3.40. The largest absolute Gasteiger partial charge is 0.506 e. The van der Waals surface area contributed by atoms with Gasteiger partial charge in [0.05, 0.1) is 16.3 Å². The number of rotatable bonds is 6. The lowest BCUT2D eigenvalue weighted by molar-refractivity contribution is -0.116. The molecule has 0 bridgehead atoms. The fraction of sp³-hybridized carbons (Fsp3) is 0.333. The van der Waals surface area contributed by atoms with Crippen molar-refractivity contribution in [1.82, 2.24) is 9.78 Å². The maximum Gasteiger partial charge on any atom is 0.226 e. The summed E-state index contributed by atoms with van der Waals surface area (Å²) in [5.41, 5.74) is 1.03. The third-order valence-electron chi connectivity index (χ3n) is 3.46. The van der Waals surface area contributed by atoms with Crippen molar-refractivity contribution in [2.45, 2.75) is 31.7 Å². The molecule has 0 aliphatic heterocycles. The zero-order valence-electron chi connectivity index (χ0n) is 13.0. The predicted molar refractivity (Wildman–Crippen MR) is 86.0 cm³/mol. The predicted octanol–water partition coefficient (Wildman–Crippen LogP) is 1.72. The maximum atomic E-state index is 12.0. The Hall–Kier alpha value is -2.35. The second-order valence-electron chi connectivity index (χ2n) is 5.08. The van der Waals surface area contributed by atoms with Crippen molar-refractivity contribution in [3.63, 3.8) is 0 Å². The number of phenolic OH excluding ortho intramolecular Hbond substituents is 1. The molecule has 2 aromatic rings. The number of carbonyl (C=O) groups excluding carboxylic acids is 1. The quantitative estimate of drug-likeness (QED) is 0.782. The minimum absolute atomic E-state index is 0.0518. The van der Waals surface area contributed by atoms with E-state index < -0.39 is 9.84 Å². The van der Waals surface area contributed by atoms with E-state index in [2.05, 4.69) is 10.4 Å². The molecular weight excluding hydrogens is 318 g/mol. The highest BCUT2D eigenvalue weighted by molar-refractivity contribution is 7.91. The van der Waals surface area contributed by atoms with E-state index in [1.165, 1.54) is 25.1 Å². The number of benzene rings is 1. The molecule has 0 fully saturated rings. The number of anilines is 1. The first kappa shape index (κ1) is 17.0. The van der Waals surface area contributed by atoms with Crippen LogP contribution in [0.25, 0.3) is 0 Å². The number of aromatic nitrogens is 2. The number of sulfone groups is 1. The monoisotopic (exact) mass is 337 g/mol. The van der Waals surface area contributed by atoms with Crippen LogP contribution in [0.1, 0.15) is 19.0 Å². The smallest absolute Gasteiger partial charge is 0.226 e. The van der Waals surface area contributed by atoms with Crippen molar-refractivity contribution >= 4 is 21.4 Å². The summed E-state index contributed by atoms with van der Waals surface area (Å²) in [6.45, 7) is 3.82. The molecule has 8 heteroatoms. The van der Waals surface area contributed by atoms with Crippen LogP contribution in [0.2, 0.25) is 0 Å². The number of amides is 1. The summed E-state index contributed by atoms with van der Waals surface area (Å²) in [6.07, 6.45) is 1.81. The molecule has 0 aliphatic carbocycles. The molecule has 1 amide bonds. The molecule has 1 aromatic carbocycles. The van der Waals surface area contributed by atoms with Gasteiger partial charge in [-0.05, 0) is 31.2 Å². The lowest BCUT2D eigenvalue weighted by Crippen LogP contribution is -2.16. The number of carbonyl (C=O) groups is 1. The second kappa shape index (κ2) is 6.82. The van der Waals surface area contributed by atoms with Gasteiger partial charge in [-0.15, -0.1) is 0 Å². The Bertz CT molecular complexity index is 812. The minimum Gasteiger partial charge on any atom is -0.506 e. The highest BCUT2D eigenvalue weighted by Crippen LogP contribution is 2.27. The summed E-state index contributed by atoms with van der Waals surface area (Å²) in [4.78, 5) is 12.1. The number of hydrogen-bond donors (Lipinski definition) is 2. The summed E-state index contributed by atoms with van der Waals surface area (Å²) < 4.78 is 25.4. The highest BCUT2D eigenvalue weighted by atomic mass is 32.2. The van der Waals surface area contributed by atoms with Gasteiger partial charge in [0.15, 0.2) is 9.84 Å². The van der Waals surface area contributed by atoms with E-state index in [9.17, 15) is 18.3 Å². The third-order valence-corrected chi connectivity index (χ3v) is 5.19. The zero-order valence-corrected chi connectivity index (χ0v) is 13.8. The molecule has 7 nitrogen and oxygen atoms in total. The maximum absolute atomic E-state index is 12.0. The van der Waals surface area contributed by atoms with Crippen molar-refractivity contribution in [2.24, 2.45) is 0 Å². The Kier molecular flexibility index (Phi) is 5.05. The standard InChI is InChI=1S/C15H19N3O4S/c1-3-23(21,22)12-4-5-14(19)13(10-12)17-15(20)7-9-18-11(2)6-8-16-18/h4-6,8,10,19H,3,7,9H2,1-2H3,(H,17,20). The highest BCUT2D eigenvalue weighted by Gasteiger charge is 2.15. The van der Waals surface area contributed by atoms with Gasteiger partial charge in [0.2, 0.25) is 5.91 Å².